The highest BCUT2D eigenvalue weighted by Crippen LogP contribution is 2.35. The van der Waals surface area contributed by atoms with Crippen molar-refractivity contribution in [3.63, 3.8) is 0 Å². The number of hydrogen-bond acceptors (Lipinski definition) is 3. The summed E-state index contributed by atoms with van der Waals surface area (Å²) in [6.07, 6.45) is 6.64. The first kappa shape index (κ1) is 11.0. The molecule has 1 saturated heterocycles. The van der Waals surface area contributed by atoms with Gasteiger partial charge in [-0.05, 0) is 38.7 Å². The minimum absolute atomic E-state index is 0.140. The molecule has 0 aromatic heterocycles. The maximum atomic E-state index is 6.05. The molecule has 2 aliphatic rings. The van der Waals surface area contributed by atoms with Crippen LogP contribution in [-0.4, -0.2) is 32.0 Å². The van der Waals surface area contributed by atoms with Crippen LogP contribution in [0, 0.1) is 0 Å². The quantitative estimate of drug-likeness (QED) is 0.702. The number of fused-ring (bicyclic) bond motifs is 1. The number of ether oxygens (including phenoxy) is 3. The lowest BCUT2D eigenvalue weighted by atomic mass is 9.88. The van der Waals surface area contributed by atoms with Gasteiger partial charge >= 0.3 is 0 Å². The third-order valence-electron chi connectivity index (χ3n) is 3.27. The predicted octanol–water partition coefficient (Wildman–Crippen LogP) is 2.26. The van der Waals surface area contributed by atoms with Gasteiger partial charge < -0.3 is 14.2 Å². The molecular weight excluding hydrogens is 192 g/mol. The van der Waals surface area contributed by atoms with Crippen LogP contribution < -0.4 is 0 Å². The van der Waals surface area contributed by atoms with E-state index in [0.717, 1.165) is 38.0 Å². The minimum Gasteiger partial charge on any atom is -0.487 e. The monoisotopic (exact) mass is 212 g/mol. The summed E-state index contributed by atoms with van der Waals surface area (Å²) in [7, 11) is 1.70. The van der Waals surface area contributed by atoms with Gasteiger partial charge in [-0.1, -0.05) is 0 Å². The Morgan fingerprint density at radius 1 is 1.60 bits per heavy atom. The molecule has 0 aromatic carbocycles. The molecule has 0 radical (unpaired) electrons. The Balaban J connectivity index is 2.08. The molecule has 2 heterocycles. The van der Waals surface area contributed by atoms with Gasteiger partial charge in [-0.3, -0.25) is 0 Å². The maximum Gasteiger partial charge on any atom is 0.132 e. The van der Waals surface area contributed by atoms with E-state index in [2.05, 4.69) is 13.0 Å². The smallest absolute Gasteiger partial charge is 0.132 e. The summed E-state index contributed by atoms with van der Waals surface area (Å²) in [5.74, 6) is 0.966. The zero-order valence-corrected chi connectivity index (χ0v) is 9.62. The highest BCUT2D eigenvalue weighted by molar-refractivity contribution is 5.03. The topological polar surface area (TPSA) is 27.7 Å². The van der Waals surface area contributed by atoms with Crippen molar-refractivity contribution in [3.8, 4) is 0 Å². The standard InChI is InChI=1S/C12H20O3/c1-12-7-4-8-14-11(12)6-3-5-10(15-12)9-13-2/h5,11H,3-4,6-9H2,1-2H3/t11-,12+/m1/s1. The fourth-order valence-corrected chi connectivity index (χ4v) is 2.46. The Morgan fingerprint density at radius 2 is 2.47 bits per heavy atom. The van der Waals surface area contributed by atoms with Crippen molar-refractivity contribution in [2.24, 2.45) is 0 Å². The highest BCUT2D eigenvalue weighted by atomic mass is 16.6. The summed E-state index contributed by atoms with van der Waals surface area (Å²) in [5.41, 5.74) is -0.140. The second-order valence-corrected chi connectivity index (χ2v) is 4.56. The predicted molar refractivity (Wildman–Crippen MR) is 57.7 cm³/mol. The molecule has 2 atom stereocenters. The van der Waals surface area contributed by atoms with E-state index in [9.17, 15) is 0 Å². The molecule has 0 spiro atoms. The van der Waals surface area contributed by atoms with Crippen molar-refractivity contribution >= 4 is 0 Å². The van der Waals surface area contributed by atoms with Crippen LogP contribution >= 0.6 is 0 Å². The molecule has 0 unspecified atom stereocenters. The van der Waals surface area contributed by atoms with Crippen LogP contribution in [0.3, 0.4) is 0 Å². The molecule has 0 saturated carbocycles. The van der Waals surface area contributed by atoms with E-state index in [1.54, 1.807) is 7.11 Å². The summed E-state index contributed by atoms with van der Waals surface area (Å²) >= 11 is 0. The van der Waals surface area contributed by atoms with Gasteiger partial charge in [-0.15, -0.1) is 0 Å². The van der Waals surface area contributed by atoms with E-state index in [1.165, 1.54) is 0 Å². The number of rotatable bonds is 2. The van der Waals surface area contributed by atoms with Gasteiger partial charge in [0.1, 0.15) is 18.0 Å². The summed E-state index contributed by atoms with van der Waals surface area (Å²) in [6, 6.07) is 0. The lowest BCUT2D eigenvalue weighted by Gasteiger charge is -2.40. The lowest BCUT2D eigenvalue weighted by Crippen LogP contribution is -2.46. The van der Waals surface area contributed by atoms with Gasteiger partial charge in [-0.2, -0.15) is 0 Å². The maximum absolute atomic E-state index is 6.05. The van der Waals surface area contributed by atoms with Crippen molar-refractivity contribution in [3.05, 3.63) is 11.8 Å². The van der Waals surface area contributed by atoms with Gasteiger partial charge in [0.25, 0.3) is 0 Å². The van der Waals surface area contributed by atoms with Crippen LogP contribution in [0.1, 0.15) is 32.6 Å². The molecule has 1 fully saturated rings. The van der Waals surface area contributed by atoms with Crippen molar-refractivity contribution in [1.29, 1.82) is 0 Å². The molecule has 3 nitrogen and oxygen atoms in total. The molecule has 15 heavy (non-hydrogen) atoms. The van der Waals surface area contributed by atoms with Crippen molar-refractivity contribution in [1.82, 2.24) is 0 Å². The van der Waals surface area contributed by atoms with Gasteiger partial charge in [0.05, 0.1) is 6.10 Å². The minimum atomic E-state index is -0.140. The van der Waals surface area contributed by atoms with Crippen LogP contribution in [-0.2, 0) is 14.2 Å². The third-order valence-corrected chi connectivity index (χ3v) is 3.27. The fraction of sp³-hybridized carbons (Fsp3) is 0.833. The zero-order valence-electron chi connectivity index (χ0n) is 9.62. The van der Waals surface area contributed by atoms with E-state index in [0.29, 0.717) is 6.61 Å². The van der Waals surface area contributed by atoms with E-state index < -0.39 is 0 Å². The molecule has 0 aromatic rings. The molecule has 0 bridgehead atoms. The van der Waals surface area contributed by atoms with E-state index in [1.807, 2.05) is 0 Å². The Hall–Kier alpha value is -0.540. The van der Waals surface area contributed by atoms with E-state index in [-0.39, 0.29) is 11.7 Å². The van der Waals surface area contributed by atoms with Crippen LogP contribution in [0.5, 0.6) is 0 Å². The second-order valence-electron chi connectivity index (χ2n) is 4.56. The van der Waals surface area contributed by atoms with E-state index in [4.69, 9.17) is 14.2 Å². The van der Waals surface area contributed by atoms with Crippen molar-refractivity contribution in [2.45, 2.75) is 44.3 Å². The van der Waals surface area contributed by atoms with Crippen molar-refractivity contribution < 1.29 is 14.2 Å². The average molecular weight is 212 g/mol. The summed E-state index contributed by atoms with van der Waals surface area (Å²) in [6.45, 7) is 3.61. The van der Waals surface area contributed by atoms with Gasteiger partial charge in [-0.25, -0.2) is 0 Å². The number of methoxy groups -OCH3 is 1. The van der Waals surface area contributed by atoms with Gasteiger partial charge in [0.15, 0.2) is 0 Å². The molecule has 2 rings (SSSR count). The van der Waals surface area contributed by atoms with E-state index >= 15 is 0 Å². The van der Waals surface area contributed by atoms with Crippen LogP contribution in [0.15, 0.2) is 11.8 Å². The molecule has 0 aliphatic carbocycles. The molecule has 2 aliphatic heterocycles. The van der Waals surface area contributed by atoms with Crippen LogP contribution in [0.25, 0.3) is 0 Å². The molecular formula is C12H20O3. The van der Waals surface area contributed by atoms with Crippen molar-refractivity contribution in [2.75, 3.05) is 20.3 Å². The summed E-state index contributed by atoms with van der Waals surface area (Å²) in [5, 5.41) is 0. The molecule has 0 N–H and O–H groups in total. The zero-order chi connectivity index (χ0) is 10.7. The largest absolute Gasteiger partial charge is 0.487 e. The first-order valence-electron chi connectivity index (χ1n) is 5.73. The Kier molecular flexibility index (Phi) is 3.32. The SMILES string of the molecule is COCC1=CCC[C@H]2OCCC[C@]2(C)O1. The first-order chi connectivity index (χ1) is 7.24. The van der Waals surface area contributed by atoms with Crippen LogP contribution in [0.4, 0.5) is 0 Å². The molecule has 3 heteroatoms. The lowest BCUT2D eigenvalue weighted by molar-refractivity contribution is -0.148. The van der Waals surface area contributed by atoms with Gasteiger partial charge in [0.2, 0.25) is 0 Å². The average Bonchev–Trinajstić information content (AvgIpc) is 2.36. The molecule has 0 amide bonds. The summed E-state index contributed by atoms with van der Waals surface area (Å²) in [4.78, 5) is 0. The molecule has 86 valence electrons. The fourth-order valence-electron chi connectivity index (χ4n) is 2.46. The highest BCUT2D eigenvalue weighted by Gasteiger charge is 2.40. The first-order valence-corrected chi connectivity index (χ1v) is 5.73. The number of allylic oxidation sites excluding steroid dienone is 1. The second kappa shape index (κ2) is 4.54. The normalized spacial score (nSPS) is 36.1. The Labute approximate surface area is 91.4 Å². The van der Waals surface area contributed by atoms with Crippen LogP contribution in [0.2, 0.25) is 0 Å². The third kappa shape index (κ3) is 2.34. The Morgan fingerprint density at radius 3 is 3.27 bits per heavy atom. The number of hydrogen-bond donors (Lipinski definition) is 0. The Bertz CT molecular complexity index is 249. The van der Waals surface area contributed by atoms with Gasteiger partial charge in [0, 0.05) is 13.7 Å². The summed E-state index contributed by atoms with van der Waals surface area (Å²) < 4.78 is 17.0.